The molecule has 1 aliphatic rings. The number of nitrogens with one attached hydrogen (secondary N) is 1. The molecule has 1 N–H and O–H groups in total. The van der Waals surface area contributed by atoms with Crippen LogP contribution in [0.1, 0.15) is 12.2 Å². The lowest BCUT2D eigenvalue weighted by Gasteiger charge is -2.36. The van der Waals surface area contributed by atoms with Gasteiger partial charge in [0.05, 0.1) is 0 Å². The van der Waals surface area contributed by atoms with Crippen LogP contribution in [0, 0.1) is 0 Å². The minimum absolute atomic E-state index is 0.799. The van der Waals surface area contributed by atoms with Crippen molar-refractivity contribution in [2.75, 3.05) is 37.6 Å². The number of aromatic amines is 1. The smallest absolute Gasteiger partial charge is 0.174 e. The fourth-order valence-electron chi connectivity index (χ4n) is 2.65. The van der Waals surface area contributed by atoms with Crippen molar-refractivity contribution in [2.24, 2.45) is 0 Å². The van der Waals surface area contributed by atoms with Crippen LogP contribution in [0.25, 0.3) is 0 Å². The molecule has 1 aromatic heterocycles. The number of halogens is 1. The number of rotatable bonds is 5. The fourth-order valence-corrected chi connectivity index (χ4v) is 2.84. The number of H-pyrrole nitrogens is 1. The highest BCUT2D eigenvalue weighted by molar-refractivity contribution is 6.30. The van der Waals surface area contributed by atoms with Gasteiger partial charge in [0.15, 0.2) is 5.82 Å². The molecule has 112 valence electrons. The van der Waals surface area contributed by atoms with E-state index in [1.54, 1.807) is 0 Å². The zero-order valence-corrected chi connectivity index (χ0v) is 12.6. The Labute approximate surface area is 129 Å². The molecule has 1 fully saturated rings. The van der Waals surface area contributed by atoms with E-state index in [1.807, 2.05) is 18.2 Å². The van der Waals surface area contributed by atoms with Gasteiger partial charge in [-0.05, 0) is 31.2 Å². The van der Waals surface area contributed by atoms with Crippen molar-refractivity contribution in [3.63, 3.8) is 0 Å². The minimum Gasteiger partial charge on any atom is -0.369 e. The van der Waals surface area contributed by atoms with E-state index in [1.165, 1.54) is 5.69 Å². The summed E-state index contributed by atoms with van der Waals surface area (Å²) in [5.74, 6) is 0.799. The highest BCUT2D eigenvalue weighted by Gasteiger charge is 2.17. The number of benzene rings is 1. The first-order valence-corrected chi connectivity index (χ1v) is 7.64. The highest BCUT2D eigenvalue weighted by atomic mass is 35.5. The van der Waals surface area contributed by atoms with E-state index in [0.717, 1.165) is 56.4 Å². The number of nitrogens with zero attached hydrogens (tertiary/aromatic N) is 5. The van der Waals surface area contributed by atoms with Gasteiger partial charge in [0.2, 0.25) is 0 Å². The predicted octanol–water partition coefficient (Wildman–Crippen LogP) is 1.61. The number of piperazine rings is 1. The first-order valence-electron chi connectivity index (χ1n) is 7.26. The molecule has 0 aliphatic carbocycles. The first-order chi connectivity index (χ1) is 10.3. The van der Waals surface area contributed by atoms with Crippen LogP contribution in [0.2, 0.25) is 5.02 Å². The summed E-state index contributed by atoms with van der Waals surface area (Å²) in [6.45, 7) is 5.33. The van der Waals surface area contributed by atoms with Crippen LogP contribution in [0.3, 0.4) is 0 Å². The maximum absolute atomic E-state index is 6.05. The zero-order chi connectivity index (χ0) is 14.5. The monoisotopic (exact) mass is 306 g/mol. The van der Waals surface area contributed by atoms with Gasteiger partial charge < -0.3 is 4.90 Å². The lowest BCUT2D eigenvalue weighted by molar-refractivity contribution is 0.254. The minimum atomic E-state index is 0.799. The Hall–Kier alpha value is -1.66. The maximum atomic E-state index is 6.05. The molecule has 1 aliphatic heterocycles. The van der Waals surface area contributed by atoms with Gasteiger partial charge in [-0.25, -0.2) is 0 Å². The average molecular weight is 307 g/mol. The Balaban J connectivity index is 1.42. The van der Waals surface area contributed by atoms with Crippen LogP contribution >= 0.6 is 11.6 Å². The molecule has 0 spiro atoms. The van der Waals surface area contributed by atoms with E-state index < -0.39 is 0 Å². The van der Waals surface area contributed by atoms with Gasteiger partial charge in [0.1, 0.15) is 0 Å². The Morgan fingerprint density at radius 3 is 2.76 bits per heavy atom. The second-order valence-electron chi connectivity index (χ2n) is 5.24. The summed E-state index contributed by atoms with van der Waals surface area (Å²) in [6.07, 6.45) is 1.95. The molecular formula is C14H19ClN6. The molecule has 1 aromatic carbocycles. The van der Waals surface area contributed by atoms with Gasteiger partial charge in [-0.1, -0.05) is 22.9 Å². The zero-order valence-electron chi connectivity index (χ0n) is 11.9. The van der Waals surface area contributed by atoms with Gasteiger partial charge in [-0.15, -0.1) is 10.2 Å². The molecule has 0 atom stereocenters. The largest absolute Gasteiger partial charge is 0.369 e. The fraction of sp³-hybridized carbons (Fsp3) is 0.500. The van der Waals surface area contributed by atoms with Crippen LogP contribution in [0.5, 0.6) is 0 Å². The second-order valence-corrected chi connectivity index (χ2v) is 5.68. The third-order valence-corrected chi connectivity index (χ3v) is 4.04. The molecule has 0 radical (unpaired) electrons. The van der Waals surface area contributed by atoms with Crippen LogP contribution in [0.15, 0.2) is 24.3 Å². The Morgan fingerprint density at radius 2 is 2.05 bits per heavy atom. The molecule has 2 aromatic rings. The summed E-state index contributed by atoms with van der Waals surface area (Å²) in [5, 5.41) is 14.8. The molecule has 0 saturated carbocycles. The quantitative estimate of drug-likeness (QED) is 0.909. The molecule has 2 heterocycles. The van der Waals surface area contributed by atoms with Crippen molar-refractivity contribution < 1.29 is 0 Å². The van der Waals surface area contributed by atoms with Crippen molar-refractivity contribution in [1.29, 1.82) is 0 Å². The second kappa shape index (κ2) is 6.87. The van der Waals surface area contributed by atoms with Crippen LogP contribution < -0.4 is 4.90 Å². The van der Waals surface area contributed by atoms with E-state index in [2.05, 4.69) is 36.5 Å². The Kier molecular flexibility index (Phi) is 4.67. The van der Waals surface area contributed by atoms with E-state index >= 15 is 0 Å². The SMILES string of the molecule is Clc1cccc(N2CCN(CCCc3nn[nH]n3)CC2)c1. The number of aromatic nitrogens is 4. The predicted molar refractivity (Wildman–Crippen MR) is 82.6 cm³/mol. The number of aryl methyl sites for hydroxylation is 1. The van der Waals surface area contributed by atoms with E-state index in [-0.39, 0.29) is 0 Å². The summed E-state index contributed by atoms with van der Waals surface area (Å²) in [6, 6.07) is 8.08. The number of tetrazole rings is 1. The summed E-state index contributed by atoms with van der Waals surface area (Å²) < 4.78 is 0. The van der Waals surface area contributed by atoms with Crippen LogP contribution in [0.4, 0.5) is 5.69 Å². The molecule has 6 nitrogen and oxygen atoms in total. The van der Waals surface area contributed by atoms with Gasteiger partial charge in [0.25, 0.3) is 0 Å². The molecule has 0 bridgehead atoms. The molecule has 7 heteroatoms. The first kappa shape index (κ1) is 14.3. The number of anilines is 1. The van der Waals surface area contributed by atoms with Gasteiger partial charge in [-0.2, -0.15) is 5.21 Å². The lowest BCUT2D eigenvalue weighted by Crippen LogP contribution is -2.46. The lowest BCUT2D eigenvalue weighted by atomic mass is 10.2. The highest BCUT2D eigenvalue weighted by Crippen LogP contribution is 2.20. The Morgan fingerprint density at radius 1 is 1.19 bits per heavy atom. The normalized spacial score (nSPS) is 16.3. The standard InChI is InChI=1S/C14H19ClN6/c15-12-3-1-4-13(11-12)21-9-7-20(8-10-21)6-2-5-14-16-18-19-17-14/h1,3-4,11H,2,5-10H2,(H,16,17,18,19). The van der Waals surface area contributed by atoms with E-state index in [0.29, 0.717) is 0 Å². The summed E-state index contributed by atoms with van der Waals surface area (Å²) in [5.41, 5.74) is 1.22. The number of hydrogen-bond acceptors (Lipinski definition) is 5. The van der Waals surface area contributed by atoms with Gasteiger partial charge >= 0.3 is 0 Å². The Bertz CT molecular complexity index is 550. The van der Waals surface area contributed by atoms with Crippen molar-refractivity contribution >= 4 is 17.3 Å². The number of hydrogen-bond donors (Lipinski definition) is 1. The summed E-state index contributed by atoms with van der Waals surface area (Å²) in [4.78, 5) is 4.88. The van der Waals surface area contributed by atoms with Crippen LogP contribution in [-0.4, -0.2) is 58.2 Å². The average Bonchev–Trinajstić information content (AvgIpc) is 3.01. The topological polar surface area (TPSA) is 60.9 Å². The molecule has 3 rings (SSSR count). The van der Waals surface area contributed by atoms with Gasteiger partial charge in [0, 0.05) is 43.3 Å². The van der Waals surface area contributed by atoms with E-state index in [4.69, 9.17) is 11.6 Å². The molecule has 1 saturated heterocycles. The maximum Gasteiger partial charge on any atom is 0.174 e. The third-order valence-electron chi connectivity index (χ3n) is 3.81. The molecule has 21 heavy (non-hydrogen) atoms. The molecular weight excluding hydrogens is 288 g/mol. The third kappa shape index (κ3) is 3.92. The van der Waals surface area contributed by atoms with Crippen LogP contribution in [-0.2, 0) is 6.42 Å². The van der Waals surface area contributed by atoms with E-state index in [9.17, 15) is 0 Å². The molecule has 0 amide bonds. The summed E-state index contributed by atoms with van der Waals surface area (Å²) in [7, 11) is 0. The van der Waals surface area contributed by atoms with Gasteiger partial charge in [-0.3, -0.25) is 4.90 Å². The van der Waals surface area contributed by atoms with Crippen molar-refractivity contribution in [2.45, 2.75) is 12.8 Å². The van der Waals surface area contributed by atoms with Crippen molar-refractivity contribution in [3.8, 4) is 0 Å². The van der Waals surface area contributed by atoms with Crippen molar-refractivity contribution in [3.05, 3.63) is 35.1 Å². The van der Waals surface area contributed by atoms with Crippen molar-refractivity contribution in [1.82, 2.24) is 25.5 Å². The molecule has 0 unspecified atom stereocenters. The summed E-state index contributed by atoms with van der Waals surface area (Å²) >= 11 is 6.05.